The van der Waals surface area contributed by atoms with E-state index >= 15 is 0 Å². The van der Waals surface area contributed by atoms with Crippen LogP contribution in [0.4, 0.5) is 0 Å². The number of hydrogen-bond acceptors (Lipinski definition) is 4. The van der Waals surface area contributed by atoms with Gasteiger partial charge in [0.05, 0.1) is 13.2 Å². The SMILES string of the molecule is COC(=O)CCCCCCC(=O)C1CCN(C(c2ccccc2)c2ccccc2)CC1. The third-order valence-corrected chi connectivity index (χ3v) is 6.36. The Balaban J connectivity index is 1.47. The van der Waals surface area contributed by atoms with Crippen LogP contribution in [0.2, 0.25) is 0 Å². The zero-order chi connectivity index (χ0) is 21.9. The monoisotopic (exact) mass is 421 g/mol. The molecule has 1 heterocycles. The van der Waals surface area contributed by atoms with Crippen LogP contribution in [0, 0.1) is 5.92 Å². The van der Waals surface area contributed by atoms with Gasteiger partial charge in [0.2, 0.25) is 0 Å². The fourth-order valence-electron chi connectivity index (χ4n) is 4.59. The van der Waals surface area contributed by atoms with Crippen LogP contribution in [0.3, 0.4) is 0 Å². The molecule has 0 N–H and O–H groups in total. The number of hydrogen-bond donors (Lipinski definition) is 0. The van der Waals surface area contributed by atoms with Crippen LogP contribution in [-0.4, -0.2) is 36.9 Å². The van der Waals surface area contributed by atoms with Crippen LogP contribution in [0.15, 0.2) is 60.7 Å². The van der Waals surface area contributed by atoms with Gasteiger partial charge in [0.15, 0.2) is 0 Å². The summed E-state index contributed by atoms with van der Waals surface area (Å²) in [5.41, 5.74) is 2.62. The molecule has 1 saturated heterocycles. The molecule has 0 atom stereocenters. The first-order valence-electron chi connectivity index (χ1n) is 11.6. The van der Waals surface area contributed by atoms with Gasteiger partial charge in [-0.3, -0.25) is 14.5 Å². The third-order valence-electron chi connectivity index (χ3n) is 6.36. The largest absolute Gasteiger partial charge is 0.469 e. The Hall–Kier alpha value is -2.46. The minimum atomic E-state index is -0.146. The lowest BCUT2D eigenvalue weighted by Crippen LogP contribution is -2.39. The molecule has 0 spiro atoms. The fourth-order valence-corrected chi connectivity index (χ4v) is 4.59. The number of unbranched alkanes of at least 4 members (excludes halogenated alkanes) is 3. The standard InChI is InChI=1S/C27H35NO3/c1-31-26(30)17-11-3-2-10-16-25(29)22-18-20-28(21-19-22)27(23-12-6-4-7-13-23)24-14-8-5-9-15-24/h4-9,12-15,22,27H,2-3,10-11,16-21H2,1H3. The van der Waals surface area contributed by atoms with E-state index in [0.717, 1.165) is 51.6 Å². The van der Waals surface area contributed by atoms with Gasteiger partial charge in [-0.2, -0.15) is 0 Å². The van der Waals surface area contributed by atoms with Gasteiger partial charge in [-0.25, -0.2) is 0 Å². The number of esters is 1. The summed E-state index contributed by atoms with van der Waals surface area (Å²) in [6.07, 6.45) is 6.80. The Morgan fingerprint density at radius 1 is 0.839 bits per heavy atom. The molecule has 4 nitrogen and oxygen atoms in total. The van der Waals surface area contributed by atoms with Crippen molar-refractivity contribution in [1.82, 2.24) is 4.90 Å². The minimum Gasteiger partial charge on any atom is -0.469 e. The second-order valence-electron chi connectivity index (χ2n) is 8.49. The number of carbonyl (C=O) groups excluding carboxylic acids is 2. The van der Waals surface area contributed by atoms with Gasteiger partial charge in [0.25, 0.3) is 0 Å². The van der Waals surface area contributed by atoms with Crippen molar-refractivity contribution < 1.29 is 14.3 Å². The molecule has 166 valence electrons. The summed E-state index contributed by atoms with van der Waals surface area (Å²) in [5.74, 6) is 0.467. The smallest absolute Gasteiger partial charge is 0.305 e. The summed E-state index contributed by atoms with van der Waals surface area (Å²) >= 11 is 0. The van der Waals surface area contributed by atoms with Crippen LogP contribution < -0.4 is 0 Å². The number of ketones is 1. The molecule has 3 rings (SSSR count). The summed E-state index contributed by atoms with van der Waals surface area (Å²) in [5, 5.41) is 0. The fraction of sp³-hybridized carbons (Fsp3) is 0.481. The van der Waals surface area contributed by atoms with E-state index in [1.54, 1.807) is 0 Å². The highest BCUT2D eigenvalue weighted by Crippen LogP contribution is 2.33. The quantitative estimate of drug-likeness (QED) is 0.351. The van der Waals surface area contributed by atoms with Crippen molar-refractivity contribution >= 4 is 11.8 Å². The maximum atomic E-state index is 12.7. The normalized spacial score (nSPS) is 15.2. The number of ether oxygens (including phenoxy) is 1. The average molecular weight is 422 g/mol. The van der Waals surface area contributed by atoms with Crippen molar-refractivity contribution in [3.63, 3.8) is 0 Å². The highest BCUT2D eigenvalue weighted by molar-refractivity contribution is 5.81. The van der Waals surface area contributed by atoms with E-state index in [0.29, 0.717) is 18.6 Å². The molecular weight excluding hydrogens is 386 g/mol. The molecule has 1 aliphatic heterocycles. The molecular formula is C27H35NO3. The number of piperidine rings is 1. The third kappa shape index (κ3) is 7.03. The summed E-state index contributed by atoms with van der Waals surface area (Å²) in [6, 6.07) is 21.6. The van der Waals surface area contributed by atoms with Crippen LogP contribution >= 0.6 is 0 Å². The highest BCUT2D eigenvalue weighted by atomic mass is 16.5. The van der Waals surface area contributed by atoms with Gasteiger partial charge in [0, 0.05) is 18.8 Å². The topological polar surface area (TPSA) is 46.6 Å². The number of methoxy groups -OCH3 is 1. The van der Waals surface area contributed by atoms with Gasteiger partial charge in [-0.1, -0.05) is 73.5 Å². The maximum absolute atomic E-state index is 12.7. The predicted octanol–water partition coefficient (Wildman–Crippen LogP) is 5.57. The van der Waals surface area contributed by atoms with Gasteiger partial charge in [-0.05, 0) is 49.9 Å². The Kier molecular flexibility index (Phi) is 9.29. The zero-order valence-corrected chi connectivity index (χ0v) is 18.7. The Morgan fingerprint density at radius 2 is 1.35 bits per heavy atom. The second-order valence-corrected chi connectivity index (χ2v) is 8.49. The van der Waals surface area contributed by atoms with E-state index in [2.05, 4.69) is 70.3 Å². The molecule has 4 heteroatoms. The van der Waals surface area contributed by atoms with Gasteiger partial charge in [0.1, 0.15) is 5.78 Å². The Morgan fingerprint density at radius 3 is 1.87 bits per heavy atom. The Bertz CT molecular complexity index is 758. The number of benzene rings is 2. The number of nitrogens with zero attached hydrogens (tertiary/aromatic N) is 1. The van der Waals surface area contributed by atoms with E-state index in [1.807, 2.05) is 0 Å². The number of likely N-dealkylation sites (tertiary alicyclic amines) is 1. The van der Waals surface area contributed by atoms with Gasteiger partial charge in [-0.15, -0.1) is 0 Å². The minimum absolute atomic E-state index is 0.146. The number of rotatable bonds is 11. The van der Waals surface area contributed by atoms with Crippen molar-refractivity contribution in [2.45, 2.75) is 57.4 Å². The molecule has 0 aromatic heterocycles. The molecule has 0 saturated carbocycles. The van der Waals surface area contributed by atoms with E-state index in [9.17, 15) is 9.59 Å². The second kappa shape index (κ2) is 12.4. The molecule has 0 radical (unpaired) electrons. The van der Waals surface area contributed by atoms with E-state index in [1.165, 1.54) is 18.2 Å². The zero-order valence-electron chi connectivity index (χ0n) is 18.7. The maximum Gasteiger partial charge on any atom is 0.305 e. The van der Waals surface area contributed by atoms with Crippen molar-refractivity contribution in [3.05, 3.63) is 71.8 Å². The summed E-state index contributed by atoms with van der Waals surface area (Å²) in [6.45, 7) is 1.90. The summed E-state index contributed by atoms with van der Waals surface area (Å²) < 4.78 is 4.66. The first-order valence-corrected chi connectivity index (χ1v) is 11.6. The van der Waals surface area contributed by atoms with Crippen LogP contribution in [0.1, 0.15) is 68.5 Å². The summed E-state index contributed by atoms with van der Waals surface area (Å²) in [7, 11) is 1.42. The van der Waals surface area contributed by atoms with Crippen LogP contribution in [0.5, 0.6) is 0 Å². The van der Waals surface area contributed by atoms with Crippen molar-refractivity contribution in [1.29, 1.82) is 0 Å². The lowest BCUT2D eigenvalue weighted by Gasteiger charge is -2.37. The van der Waals surface area contributed by atoms with Crippen LogP contribution in [0.25, 0.3) is 0 Å². The molecule has 1 aliphatic rings. The summed E-state index contributed by atoms with van der Waals surface area (Å²) in [4.78, 5) is 26.4. The number of carbonyl (C=O) groups is 2. The molecule has 0 bridgehead atoms. The lowest BCUT2D eigenvalue weighted by atomic mass is 9.87. The van der Waals surface area contributed by atoms with Crippen molar-refractivity contribution in [2.24, 2.45) is 5.92 Å². The van der Waals surface area contributed by atoms with E-state index in [-0.39, 0.29) is 17.9 Å². The van der Waals surface area contributed by atoms with Crippen molar-refractivity contribution in [3.8, 4) is 0 Å². The lowest BCUT2D eigenvalue weighted by molar-refractivity contribution is -0.140. The molecule has 2 aromatic carbocycles. The van der Waals surface area contributed by atoms with Crippen molar-refractivity contribution in [2.75, 3.05) is 20.2 Å². The average Bonchev–Trinajstić information content (AvgIpc) is 2.83. The molecule has 31 heavy (non-hydrogen) atoms. The Labute approximate surface area is 186 Å². The first kappa shape index (κ1) is 23.2. The van der Waals surface area contributed by atoms with E-state index < -0.39 is 0 Å². The molecule has 1 fully saturated rings. The van der Waals surface area contributed by atoms with Gasteiger partial charge < -0.3 is 4.74 Å². The van der Waals surface area contributed by atoms with Crippen LogP contribution in [-0.2, 0) is 14.3 Å². The highest BCUT2D eigenvalue weighted by Gasteiger charge is 2.29. The number of Topliss-reactive ketones (excluding diaryl/α,β-unsaturated/α-hetero) is 1. The predicted molar refractivity (Wildman–Crippen MR) is 124 cm³/mol. The molecule has 0 unspecified atom stereocenters. The molecule has 0 aliphatic carbocycles. The first-order chi connectivity index (χ1) is 15.2. The van der Waals surface area contributed by atoms with Gasteiger partial charge >= 0.3 is 5.97 Å². The van der Waals surface area contributed by atoms with E-state index in [4.69, 9.17) is 0 Å². The molecule has 2 aromatic rings. The molecule has 0 amide bonds.